The van der Waals surface area contributed by atoms with Gasteiger partial charge in [0.2, 0.25) is 0 Å². The molecule has 0 unspecified atom stereocenters. The summed E-state index contributed by atoms with van der Waals surface area (Å²) in [5, 5.41) is 0. The first-order chi connectivity index (χ1) is 9.83. The van der Waals surface area contributed by atoms with Crippen molar-refractivity contribution in [1.82, 2.24) is 0 Å². The van der Waals surface area contributed by atoms with Crippen LogP contribution in [0.1, 0.15) is 34.1 Å². The van der Waals surface area contributed by atoms with Crippen LogP contribution in [0.4, 0.5) is 0 Å². The molecule has 0 fully saturated rings. The maximum absolute atomic E-state index is 12.1. The number of nitrogens with zero attached hydrogens (tertiary/aromatic N) is 1. The molecule has 0 saturated heterocycles. The molecule has 0 spiro atoms. The van der Waals surface area contributed by atoms with Crippen LogP contribution in [0.15, 0.2) is 14.1 Å². The lowest BCUT2D eigenvalue weighted by Crippen LogP contribution is -2.06. The van der Waals surface area contributed by atoms with Gasteiger partial charge in [0.25, 0.3) is 10.0 Å². The molecule has 1 atom stereocenters. The first kappa shape index (κ1) is 16.4. The Morgan fingerprint density at radius 1 is 1.52 bits per heavy atom. The van der Waals surface area contributed by atoms with E-state index < -0.39 is 20.7 Å². The third kappa shape index (κ3) is 3.81. The average molecular weight is 347 g/mol. The molecule has 116 valence electrons. The van der Waals surface area contributed by atoms with Gasteiger partial charge in [0.1, 0.15) is 4.88 Å². The fourth-order valence-corrected chi connectivity index (χ4v) is 6.49. The summed E-state index contributed by atoms with van der Waals surface area (Å²) in [6, 6.07) is 0. The number of rotatable bonds is 4. The molecule has 1 heterocycles. The minimum Gasteiger partial charge on any atom is -0.462 e. The van der Waals surface area contributed by atoms with Gasteiger partial charge in [-0.25, -0.2) is 13.2 Å². The quantitative estimate of drug-likeness (QED) is 0.785. The lowest BCUT2D eigenvalue weighted by molar-refractivity contribution is 0.0531. The van der Waals surface area contributed by atoms with Gasteiger partial charge >= 0.3 is 5.97 Å². The molecule has 8 heteroatoms. The molecular weight excluding hydrogens is 330 g/mol. The number of carbonyl (C=O) groups excluding carboxylic acids is 1. The van der Waals surface area contributed by atoms with E-state index in [1.54, 1.807) is 13.2 Å². The number of hydrogen-bond donors (Lipinski definition) is 0. The molecule has 0 aromatic carbocycles. The summed E-state index contributed by atoms with van der Waals surface area (Å²) in [4.78, 5) is 12.6. The smallest absolute Gasteiger partial charge is 0.348 e. The highest BCUT2D eigenvalue weighted by atomic mass is 32.3. The fourth-order valence-electron chi connectivity index (χ4n) is 2.12. The van der Waals surface area contributed by atoms with Gasteiger partial charge in [-0.2, -0.15) is 0 Å². The maximum Gasteiger partial charge on any atom is 0.348 e. The van der Waals surface area contributed by atoms with Crippen LogP contribution in [-0.4, -0.2) is 33.5 Å². The number of allylic oxidation sites excluding steroid dienone is 1. The van der Waals surface area contributed by atoms with Crippen molar-refractivity contribution in [3.63, 3.8) is 0 Å². The third-order valence-electron chi connectivity index (χ3n) is 2.84. The van der Waals surface area contributed by atoms with E-state index in [-0.39, 0.29) is 5.97 Å². The zero-order chi connectivity index (χ0) is 15.6. The Morgan fingerprint density at radius 3 is 2.86 bits per heavy atom. The van der Waals surface area contributed by atoms with Crippen LogP contribution in [0.5, 0.6) is 0 Å². The summed E-state index contributed by atoms with van der Waals surface area (Å²) in [5.74, 6) is -0.336. The predicted molar refractivity (Wildman–Crippen MR) is 86.5 cm³/mol. The number of esters is 1. The van der Waals surface area contributed by atoms with Crippen LogP contribution in [0, 0.1) is 0 Å². The van der Waals surface area contributed by atoms with E-state index >= 15 is 0 Å². The molecule has 0 aliphatic heterocycles. The average Bonchev–Trinajstić information content (AvgIpc) is 2.76. The first-order valence-corrected chi connectivity index (χ1v) is 10.7. The molecule has 2 rings (SSSR count). The molecule has 1 aromatic rings. The number of ether oxygens (including phenoxy) is 1. The van der Waals surface area contributed by atoms with Crippen LogP contribution >= 0.6 is 11.3 Å². The molecule has 21 heavy (non-hydrogen) atoms. The van der Waals surface area contributed by atoms with Crippen LogP contribution in [0.3, 0.4) is 0 Å². The van der Waals surface area contributed by atoms with Crippen molar-refractivity contribution in [3.05, 3.63) is 22.1 Å². The molecule has 0 radical (unpaired) electrons. The summed E-state index contributed by atoms with van der Waals surface area (Å²) in [5.41, 5.74) is 1.89. The number of hydrogen-bond acceptors (Lipinski definition) is 5. The van der Waals surface area contributed by atoms with Gasteiger partial charge < -0.3 is 4.74 Å². The second-order valence-electron chi connectivity index (χ2n) is 4.56. The largest absolute Gasteiger partial charge is 0.462 e. The van der Waals surface area contributed by atoms with E-state index in [0.29, 0.717) is 11.5 Å². The normalized spacial score (nSPS) is 15.8. The minimum absolute atomic E-state index is 0.322. The van der Waals surface area contributed by atoms with Crippen molar-refractivity contribution in [3.8, 4) is 0 Å². The Labute approximate surface area is 131 Å². The Balaban J connectivity index is 2.56. The summed E-state index contributed by atoms with van der Waals surface area (Å²) < 4.78 is 32.5. The summed E-state index contributed by atoms with van der Waals surface area (Å²) in [6.07, 6.45) is 8.46. The van der Waals surface area contributed by atoms with E-state index in [9.17, 15) is 13.2 Å². The molecule has 0 saturated carbocycles. The van der Waals surface area contributed by atoms with Gasteiger partial charge in [-0.1, -0.05) is 12.2 Å². The van der Waals surface area contributed by atoms with Crippen molar-refractivity contribution >= 4 is 44.1 Å². The highest BCUT2D eigenvalue weighted by Crippen LogP contribution is 2.36. The molecule has 0 amide bonds. The topological polar surface area (TPSA) is 72.8 Å². The summed E-state index contributed by atoms with van der Waals surface area (Å²) >= 11 is 1.30. The Hall–Kier alpha value is -0.990. The van der Waals surface area contributed by atoms with Crippen molar-refractivity contribution in [2.75, 3.05) is 19.1 Å². The first-order valence-electron chi connectivity index (χ1n) is 6.42. The van der Waals surface area contributed by atoms with Crippen LogP contribution < -0.4 is 0 Å². The fraction of sp³-hybridized carbons (Fsp3) is 0.462. The molecule has 0 bridgehead atoms. The zero-order valence-corrected chi connectivity index (χ0v) is 14.5. The SMILES string of the molecule is CCOC(=O)c1sc([S@@](C)=NS(C)(=O)=O)c2c1CCC=C2. The second-order valence-corrected chi connectivity index (χ2v) is 9.26. The van der Waals surface area contributed by atoms with Crippen LogP contribution in [0.2, 0.25) is 0 Å². The molecule has 1 aliphatic rings. The standard InChI is InChI=1S/C13H17NO4S3/c1-4-18-12(15)11-9-7-5-6-8-10(9)13(19-11)20(2)14-21(3,16)17/h6,8H,4-5,7H2,1-3H3/t20-/m1/s1. The lowest BCUT2D eigenvalue weighted by atomic mass is 10.00. The van der Waals surface area contributed by atoms with Gasteiger partial charge in [0.15, 0.2) is 0 Å². The van der Waals surface area contributed by atoms with Crippen LogP contribution in [-0.2, 0) is 31.9 Å². The Bertz CT molecular complexity index is 729. The highest BCUT2D eigenvalue weighted by molar-refractivity contribution is 8.00. The number of thiophene rings is 1. The van der Waals surface area contributed by atoms with E-state index in [0.717, 1.165) is 34.4 Å². The predicted octanol–water partition coefficient (Wildman–Crippen LogP) is 2.63. The molecule has 1 aliphatic carbocycles. The van der Waals surface area contributed by atoms with Crippen molar-refractivity contribution in [2.45, 2.75) is 24.0 Å². The van der Waals surface area contributed by atoms with Gasteiger partial charge in [0, 0.05) is 5.56 Å². The lowest BCUT2D eigenvalue weighted by Gasteiger charge is -2.08. The number of sulfonamides is 1. The van der Waals surface area contributed by atoms with Gasteiger partial charge in [-0.05, 0) is 42.3 Å². The van der Waals surface area contributed by atoms with E-state index in [4.69, 9.17) is 4.74 Å². The molecule has 1 aromatic heterocycles. The van der Waals surface area contributed by atoms with Crippen molar-refractivity contribution in [2.24, 2.45) is 3.77 Å². The van der Waals surface area contributed by atoms with E-state index in [1.165, 1.54) is 11.3 Å². The monoisotopic (exact) mass is 347 g/mol. The summed E-state index contributed by atoms with van der Waals surface area (Å²) in [7, 11) is -4.21. The van der Waals surface area contributed by atoms with Crippen LogP contribution in [0.25, 0.3) is 6.08 Å². The Kier molecular flexibility index (Phi) is 5.00. The summed E-state index contributed by atoms with van der Waals surface area (Å²) in [6.45, 7) is 2.09. The van der Waals surface area contributed by atoms with Crippen molar-refractivity contribution in [1.29, 1.82) is 0 Å². The number of carbonyl (C=O) groups is 1. The molecule has 5 nitrogen and oxygen atoms in total. The highest BCUT2D eigenvalue weighted by Gasteiger charge is 2.24. The number of fused-ring (bicyclic) bond motifs is 1. The van der Waals surface area contributed by atoms with Gasteiger partial charge in [0.05, 0.1) is 17.1 Å². The zero-order valence-electron chi connectivity index (χ0n) is 12.1. The minimum atomic E-state index is -3.42. The molecule has 0 N–H and O–H groups in total. The van der Waals surface area contributed by atoms with Gasteiger partial charge in [-0.15, -0.1) is 15.1 Å². The van der Waals surface area contributed by atoms with E-state index in [1.807, 2.05) is 12.2 Å². The Morgan fingerprint density at radius 2 is 2.24 bits per heavy atom. The second kappa shape index (κ2) is 6.41. The maximum atomic E-state index is 12.1. The third-order valence-corrected chi connectivity index (χ3v) is 7.57. The van der Waals surface area contributed by atoms with Gasteiger partial charge in [-0.3, -0.25) is 0 Å². The van der Waals surface area contributed by atoms with E-state index in [2.05, 4.69) is 3.77 Å². The van der Waals surface area contributed by atoms with Crippen molar-refractivity contribution < 1.29 is 17.9 Å². The molecular formula is C13H17NO4S3.